The summed E-state index contributed by atoms with van der Waals surface area (Å²) in [6.45, 7) is 2.84. The lowest BCUT2D eigenvalue weighted by Gasteiger charge is -2.34. The number of nitrogens with zero attached hydrogens (tertiary/aromatic N) is 4. The molecule has 2 N–H and O–H groups in total. The maximum Gasteiger partial charge on any atom is 0.193 e. The fourth-order valence-corrected chi connectivity index (χ4v) is 3.98. The molecule has 4 rings (SSSR count). The molecular formula is C23H29IN6. The zero-order valence-electron chi connectivity index (χ0n) is 17.3. The summed E-state index contributed by atoms with van der Waals surface area (Å²) in [6.07, 6.45) is 5.12. The molecule has 0 radical (unpaired) electrons. The second kappa shape index (κ2) is 11.1. The Bertz CT molecular complexity index is 918. The third-order valence-corrected chi connectivity index (χ3v) is 5.56. The second-order valence-electron chi connectivity index (χ2n) is 7.56. The maximum atomic E-state index is 4.51. The third-order valence-electron chi connectivity index (χ3n) is 5.56. The molecule has 0 unspecified atom stereocenters. The lowest BCUT2D eigenvalue weighted by molar-refractivity contribution is 0.259. The van der Waals surface area contributed by atoms with E-state index in [1.54, 1.807) is 0 Å². The summed E-state index contributed by atoms with van der Waals surface area (Å²) >= 11 is 0. The molecule has 0 aliphatic carbocycles. The maximum absolute atomic E-state index is 4.51. The Hall–Kier alpha value is -2.42. The lowest BCUT2D eigenvalue weighted by atomic mass is 9.90. The Morgan fingerprint density at radius 1 is 1.10 bits per heavy atom. The topological polar surface area (TPSA) is 69.2 Å². The fourth-order valence-electron chi connectivity index (χ4n) is 3.98. The Morgan fingerprint density at radius 2 is 1.87 bits per heavy atom. The van der Waals surface area contributed by atoms with E-state index in [0.717, 1.165) is 42.9 Å². The molecule has 0 saturated carbocycles. The lowest BCUT2D eigenvalue weighted by Crippen LogP contribution is -2.45. The Kier molecular flexibility index (Phi) is 8.24. The van der Waals surface area contributed by atoms with Crippen LogP contribution in [0.4, 0.5) is 0 Å². The molecule has 1 fully saturated rings. The second-order valence-corrected chi connectivity index (χ2v) is 7.56. The summed E-state index contributed by atoms with van der Waals surface area (Å²) in [4.78, 5) is 11.1. The number of hydrogen-bond acceptors (Lipinski definition) is 3. The zero-order chi connectivity index (χ0) is 19.9. The largest absolute Gasteiger partial charge is 0.352 e. The minimum absolute atomic E-state index is 0. The first-order valence-corrected chi connectivity index (χ1v) is 10.3. The zero-order valence-corrected chi connectivity index (χ0v) is 19.6. The van der Waals surface area contributed by atoms with Gasteiger partial charge in [0.1, 0.15) is 6.33 Å². The number of guanidine groups is 1. The molecule has 30 heavy (non-hydrogen) atoms. The molecule has 0 atom stereocenters. The predicted octanol–water partition coefficient (Wildman–Crippen LogP) is 4.12. The van der Waals surface area contributed by atoms with Crippen molar-refractivity contribution in [2.24, 2.45) is 10.9 Å². The molecule has 1 saturated heterocycles. The SMILES string of the molecule is CN=C(NCc1cccc(-c2ncn[nH]2)c1)N1CCC(Cc2ccccc2)CC1.I. The van der Waals surface area contributed by atoms with Crippen molar-refractivity contribution >= 4 is 29.9 Å². The van der Waals surface area contributed by atoms with Gasteiger partial charge in [-0.05, 0) is 42.4 Å². The number of hydrogen-bond donors (Lipinski definition) is 2. The van der Waals surface area contributed by atoms with Gasteiger partial charge in [-0.2, -0.15) is 5.10 Å². The summed E-state index contributed by atoms with van der Waals surface area (Å²) in [7, 11) is 1.86. The van der Waals surface area contributed by atoms with Crippen molar-refractivity contribution in [2.75, 3.05) is 20.1 Å². The molecule has 158 valence electrons. The van der Waals surface area contributed by atoms with Gasteiger partial charge < -0.3 is 10.2 Å². The predicted molar refractivity (Wildman–Crippen MR) is 132 cm³/mol. The van der Waals surface area contributed by atoms with Crippen molar-refractivity contribution in [3.63, 3.8) is 0 Å². The van der Waals surface area contributed by atoms with Crippen LogP contribution in [0, 0.1) is 5.92 Å². The number of rotatable bonds is 5. The molecule has 1 aliphatic rings. The molecule has 7 heteroatoms. The van der Waals surface area contributed by atoms with Crippen molar-refractivity contribution in [1.29, 1.82) is 0 Å². The van der Waals surface area contributed by atoms with Gasteiger partial charge in [0, 0.05) is 32.2 Å². The number of aliphatic imine (C=N–C) groups is 1. The van der Waals surface area contributed by atoms with E-state index in [9.17, 15) is 0 Å². The van der Waals surface area contributed by atoms with Crippen LogP contribution in [0.3, 0.4) is 0 Å². The summed E-state index contributed by atoms with van der Waals surface area (Å²) in [6, 6.07) is 19.2. The van der Waals surface area contributed by atoms with E-state index in [1.807, 2.05) is 19.2 Å². The van der Waals surface area contributed by atoms with Crippen LogP contribution in [-0.4, -0.2) is 46.2 Å². The Balaban J connectivity index is 0.00000256. The number of nitrogens with one attached hydrogen (secondary N) is 2. The summed E-state index contributed by atoms with van der Waals surface area (Å²) in [5, 5.41) is 10.4. The average molecular weight is 516 g/mol. The van der Waals surface area contributed by atoms with Crippen molar-refractivity contribution in [1.82, 2.24) is 25.4 Å². The highest BCUT2D eigenvalue weighted by atomic mass is 127. The van der Waals surface area contributed by atoms with Gasteiger partial charge in [-0.3, -0.25) is 10.1 Å². The number of H-pyrrole nitrogens is 1. The highest BCUT2D eigenvalue weighted by Gasteiger charge is 2.21. The van der Waals surface area contributed by atoms with E-state index in [1.165, 1.54) is 36.7 Å². The van der Waals surface area contributed by atoms with Crippen LogP contribution in [-0.2, 0) is 13.0 Å². The highest BCUT2D eigenvalue weighted by Crippen LogP contribution is 2.22. The minimum atomic E-state index is 0. The third kappa shape index (κ3) is 5.81. The van der Waals surface area contributed by atoms with Crippen molar-refractivity contribution in [2.45, 2.75) is 25.8 Å². The van der Waals surface area contributed by atoms with Crippen LogP contribution in [0.25, 0.3) is 11.4 Å². The average Bonchev–Trinajstić information content (AvgIpc) is 3.31. The fraction of sp³-hybridized carbons (Fsp3) is 0.348. The van der Waals surface area contributed by atoms with Gasteiger partial charge in [-0.25, -0.2) is 4.98 Å². The molecule has 0 bridgehead atoms. The summed E-state index contributed by atoms with van der Waals surface area (Å²) < 4.78 is 0. The smallest absolute Gasteiger partial charge is 0.193 e. The van der Waals surface area contributed by atoms with Crippen molar-refractivity contribution < 1.29 is 0 Å². The quantitative estimate of drug-likeness (QED) is 0.304. The molecule has 0 amide bonds. The van der Waals surface area contributed by atoms with E-state index in [2.05, 4.69) is 72.9 Å². The van der Waals surface area contributed by atoms with E-state index >= 15 is 0 Å². The highest BCUT2D eigenvalue weighted by molar-refractivity contribution is 14.0. The number of likely N-dealkylation sites (tertiary alicyclic amines) is 1. The summed E-state index contributed by atoms with van der Waals surface area (Å²) in [5.41, 5.74) is 3.68. The van der Waals surface area contributed by atoms with Crippen molar-refractivity contribution in [3.05, 3.63) is 72.1 Å². The molecule has 0 spiro atoms. The van der Waals surface area contributed by atoms with Gasteiger partial charge in [0.2, 0.25) is 0 Å². The molecule has 2 heterocycles. The van der Waals surface area contributed by atoms with Gasteiger partial charge in [0.05, 0.1) is 0 Å². The van der Waals surface area contributed by atoms with E-state index in [-0.39, 0.29) is 24.0 Å². The Morgan fingerprint density at radius 3 is 2.57 bits per heavy atom. The molecular weight excluding hydrogens is 487 g/mol. The first kappa shape index (κ1) is 22.3. The van der Waals surface area contributed by atoms with Crippen molar-refractivity contribution in [3.8, 4) is 11.4 Å². The molecule has 6 nitrogen and oxygen atoms in total. The van der Waals surface area contributed by atoms with Gasteiger partial charge in [0.15, 0.2) is 11.8 Å². The van der Waals surface area contributed by atoms with E-state index in [0.29, 0.717) is 0 Å². The standard InChI is InChI=1S/C23H28N6.HI/c1-24-23(25-16-20-8-5-9-21(15-20)22-26-17-27-28-22)29-12-10-19(11-13-29)14-18-6-3-2-4-7-18;/h2-9,15,17,19H,10-14,16H2,1H3,(H,24,25)(H,26,27,28);1H. The van der Waals surface area contributed by atoms with Gasteiger partial charge in [-0.15, -0.1) is 24.0 Å². The first-order chi connectivity index (χ1) is 14.3. The first-order valence-electron chi connectivity index (χ1n) is 10.3. The molecule has 3 aromatic rings. The number of benzene rings is 2. The normalized spacial score (nSPS) is 15.0. The number of piperidine rings is 1. The van der Waals surface area contributed by atoms with Crippen LogP contribution >= 0.6 is 24.0 Å². The van der Waals surface area contributed by atoms with Gasteiger partial charge in [0.25, 0.3) is 0 Å². The van der Waals surface area contributed by atoms with Gasteiger partial charge in [-0.1, -0.05) is 48.5 Å². The molecule has 1 aromatic heterocycles. The number of halogens is 1. The minimum Gasteiger partial charge on any atom is -0.352 e. The number of aromatic amines is 1. The molecule has 1 aliphatic heterocycles. The summed E-state index contributed by atoms with van der Waals surface area (Å²) in [5.74, 6) is 2.52. The number of aromatic nitrogens is 3. The Labute approximate surface area is 195 Å². The van der Waals surface area contributed by atoms with Crippen LogP contribution in [0.2, 0.25) is 0 Å². The van der Waals surface area contributed by atoms with Crippen LogP contribution < -0.4 is 5.32 Å². The van der Waals surface area contributed by atoms with Crippen LogP contribution in [0.15, 0.2) is 65.9 Å². The molecule has 2 aromatic carbocycles. The van der Waals surface area contributed by atoms with Crippen LogP contribution in [0.5, 0.6) is 0 Å². The van der Waals surface area contributed by atoms with E-state index < -0.39 is 0 Å². The van der Waals surface area contributed by atoms with Gasteiger partial charge >= 0.3 is 0 Å². The van der Waals surface area contributed by atoms with E-state index in [4.69, 9.17) is 0 Å². The van der Waals surface area contributed by atoms with Crippen LogP contribution in [0.1, 0.15) is 24.0 Å². The monoisotopic (exact) mass is 516 g/mol.